The minimum atomic E-state index is -1.18. The van der Waals surface area contributed by atoms with E-state index in [1.807, 2.05) is 47.8 Å². The summed E-state index contributed by atoms with van der Waals surface area (Å²) in [5.41, 5.74) is 4.45. The zero-order chi connectivity index (χ0) is 17.9. The highest BCUT2D eigenvalue weighted by Gasteiger charge is 2.10. The Labute approximate surface area is 154 Å². The van der Waals surface area contributed by atoms with Gasteiger partial charge in [-0.25, -0.2) is 4.98 Å². The van der Waals surface area contributed by atoms with Gasteiger partial charge < -0.3 is 9.90 Å². The van der Waals surface area contributed by atoms with Gasteiger partial charge >= 0.3 is 0 Å². The second-order valence-corrected chi connectivity index (χ2v) is 6.63. The third-order valence-electron chi connectivity index (χ3n) is 3.98. The lowest BCUT2D eigenvalue weighted by atomic mass is 10.0. The normalized spacial score (nSPS) is 10.6. The van der Waals surface area contributed by atoms with E-state index in [0.717, 1.165) is 33.1 Å². The number of aromatic carboxylic acids is 1. The van der Waals surface area contributed by atoms with Crippen LogP contribution in [0.15, 0.2) is 78.3 Å². The van der Waals surface area contributed by atoms with E-state index in [9.17, 15) is 9.90 Å². The van der Waals surface area contributed by atoms with Gasteiger partial charge in [0.15, 0.2) is 0 Å². The van der Waals surface area contributed by atoms with Crippen LogP contribution in [0.1, 0.15) is 10.4 Å². The van der Waals surface area contributed by atoms with Gasteiger partial charge in [0, 0.05) is 6.20 Å². The van der Waals surface area contributed by atoms with E-state index in [-0.39, 0.29) is 5.56 Å². The summed E-state index contributed by atoms with van der Waals surface area (Å²) in [6.07, 6.45) is 1.74. The molecule has 0 bridgehead atoms. The number of benzene rings is 1. The molecule has 0 amide bonds. The van der Waals surface area contributed by atoms with Crippen molar-refractivity contribution in [1.29, 1.82) is 0 Å². The average molecular weight is 357 g/mol. The van der Waals surface area contributed by atoms with Crippen molar-refractivity contribution in [1.82, 2.24) is 9.97 Å². The van der Waals surface area contributed by atoms with Gasteiger partial charge in [0.1, 0.15) is 0 Å². The van der Waals surface area contributed by atoms with Crippen molar-refractivity contribution in [3.63, 3.8) is 0 Å². The highest BCUT2D eigenvalue weighted by molar-refractivity contribution is 7.13. The van der Waals surface area contributed by atoms with Crippen molar-refractivity contribution in [2.75, 3.05) is 0 Å². The monoisotopic (exact) mass is 357 g/mol. The molecule has 3 aromatic heterocycles. The number of carbonyl (C=O) groups excluding carboxylic acids is 1. The topological polar surface area (TPSA) is 65.9 Å². The van der Waals surface area contributed by atoms with Crippen LogP contribution in [0, 0.1) is 0 Å². The lowest BCUT2D eigenvalue weighted by Crippen LogP contribution is -2.21. The standard InChI is InChI=1S/C21H14N2O2S/c24-21(25)15-8-6-14(7-9-15)16-12-18(17-4-1-2-10-22-17)23-19(13-16)20-5-3-11-26-20/h1-13H,(H,24,25)/p-1. The lowest BCUT2D eigenvalue weighted by molar-refractivity contribution is -0.255. The van der Waals surface area contributed by atoms with Crippen molar-refractivity contribution in [3.05, 3.63) is 83.9 Å². The molecule has 3 heterocycles. The summed E-state index contributed by atoms with van der Waals surface area (Å²) in [7, 11) is 0. The van der Waals surface area contributed by atoms with Gasteiger partial charge in [0.25, 0.3) is 0 Å². The van der Waals surface area contributed by atoms with Gasteiger partial charge in [0.2, 0.25) is 0 Å². The van der Waals surface area contributed by atoms with Gasteiger partial charge in [-0.15, -0.1) is 11.3 Å². The molecule has 0 unspecified atom stereocenters. The number of carboxylic acids is 1. The van der Waals surface area contributed by atoms with Gasteiger partial charge in [-0.3, -0.25) is 4.98 Å². The van der Waals surface area contributed by atoms with Crippen LogP contribution in [0.25, 0.3) is 33.1 Å². The first kappa shape index (κ1) is 16.2. The zero-order valence-corrected chi connectivity index (χ0v) is 14.4. The molecule has 0 spiro atoms. The molecule has 0 aliphatic carbocycles. The molecule has 0 atom stereocenters. The third kappa shape index (κ3) is 3.25. The lowest BCUT2D eigenvalue weighted by Gasteiger charge is -2.09. The molecule has 5 heteroatoms. The van der Waals surface area contributed by atoms with Crippen LogP contribution < -0.4 is 5.11 Å². The summed E-state index contributed by atoms with van der Waals surface area (Å²) in [6.45, 7) is 0. The maximum Gasteiger partial charge on any atom is 0.0900 e. The van der Waals surface area contributed by atoms with Gasteiger partial charge in [-0.1, -0.05) is 36.4 Å². The zero-order valence-electron chi connectivity index (χ0n) is 13.6. The Morgan fingerprint density at radius 1 is 0.846 bits per heavy atom. The van der Waals surface area contributed by atoms with E-state index in [2.05, 4.69) is 4.98 Å². The van der Waals surface area contributed by atoms with Crippen molar-refractivity contribution in [2.24, 2.45) is 0 Å². The number of aromatic nitrogens is 2. The third-order valence-corrected chi connectivity index (χ3v) is 4.87. The summed E-state index contributed by atoms with van der Waals surface area (Å²) in [5, 5.41) is 13.0. The van der Waals surface area contributed by atoms with E-state index < -0.39 is 5.97 Å². The predicted octanol–water partition coefficient (Wildman–Crippen LogP) is 3.90. The van der Waals surface area contributed by atoms with Crippen molar-refractivity contribution >= 4 is 17.3 Å². The Morgan fingerprint density at radius 2 is 1.65 bits per heavy atom. The Kier molecular flexibility index (Phi) is 4.29. The minimum absolute atomic E-state index is 0.159. The molecular weight excluding hydrogens is 344 g/mol. The maximum absolute atomic E-state index is 11.0. The van der Waals surface area contributed by atoms with Crippen molar-refractivity contribution in [2.45, 2.75) is 0 Å². The van der Waals surface area contributed by atoms with Crippen molar-refractivity contribution in [3.8, 4) is 33.1 Å². The van der Waals surface area contributed by atoms with Gasteiger partial charge in [0.05, 0.1) is 27.9 Å². The highest BCUT2D eigenvalue weighted by atomic mass is 32.1. The van der Waals surface area contributed by atoms with E-state index in [1.165, 1.54) is 0 Å². The van der Waals surface area contributed by atoms with Crippen molar-refractivity contribution < 1.29 is 9.90 Å². The van der Waals surface area contributed by atoms with Crippen LogP contribution in [0.4, 0.5) is 0 Å². The number of rotatable bonds is 4. The first-order chi connectivity index (χ1) is 12.7. The number of pyridine rings is 2. The molecule has 0 saturated heterocycles. The molecule has 26 heavy (non-hydrogen) atoms. The average Bonchev–Trinajstić information content (AvgIpc) is 3.23. The molecule has 0 saturated carbocycles. The summed E-state index contributed by atoms with van der Waals surface area (Å²) >= 11 is 1.62. The quantitative estimate of drug-likeness (QED) is 0.555. The van der Waals surface area contributed by atoms with E-state index in [1.54, 1.807) is 41.8 Å². The highest BCUT2D eigenvalue weighted by Crippen LogP contribution is 2.31. The molecule has 4 nitrogen and oxygen atoms in total. The molecule has 0 aliphatic heterocycles. The molecule has 126 valence electrons. The number of carboxylic acid groups (broad SMARTS) is 1. The number of hydrogen-bond donors (Lipinski definition) is 0. The number of hydrogen-bond acceptors (Lipinski definition) is 5. The second kappa shape index (κ2) is 6.90. The van der Waals surface area contributed by atoms with E-state index >= 15 is 0 Å². The Hall–Kier alpha value is -3.31. The first-order valence-corrected chi connectivity index (χ1v) is 8.88. The fourth-order valence-electron chi connectivity index (χ4n) is 2.69. The summed E-state index contributed by atoms with van der Waals surface area (Å²) in [6, 6.07) is 20.4. The Balaban J connectivity index is 1.86. The smallest absolute Gasteiger partial charge is 0.0900 e. The molecule has 4 aromatic rings. The maximum atomic E-state index is 11.0. The molecule has 4 rings (SSSR count). The molecule has 0 aliphatic rings. The summed E-state index contributed by atoms with van der Waals surface area (Å²) < 4.78 is 0. The predicted molar refractivity (Wildman–Crippen MR) is 101 cm³/mol. The second-order valence-electron chi connectivity index (χ2n) is 5.68. The fraction of sp³-hybridized carbons (Fsp3) is 0. The molecule has 0 radical (unpaired) electrons. The van der Waals surface area contributed by atoms with Crippen LogP contribution in [0.5, 0.6) is 0 Å². The number of carbonyl (C=O) groups is 1. The summed E-state index contributed by atoms with van der Waals surface area (Å²) in [5.74, 6) is -1.18. The Morgan fingerprint density at radius 3 is 2.31 bits per heavy atom. The largest absolute Gasteiger partial charge is 0.545 e. The SMILES string of the molecule is O=C([O-])c1ccc(-c2cc(-c3ccccn3)nc(-c3cccs3)c2)cc1. The van der Waals surface area contributed by atoms with Crippen LogP contribution >= 0.6 is 11.3 Å². The molecular formula is C21H13N2O2S-. The first-order valence-electron chi connectivity index (χ1n) is 8.00. The van der Waals surface area contributed by atoms with Crippen LogP contribution in [0.2, 0.25) is 0 Å². The van der Waals surface area contributed by atoms with Crippen LogP contribution in [0.3, 0.4) is 0 Å². The van der Waals surface area contributed by atoms with Gasteiger partial charge in [-0.05, 0) is 52.4 Å². The van der Waals surface area contributed by atoms with E-state index in [0.29, 0.717) is 0 Å². The Bertz CT molecular complexity index is 1040. The molecule has 0 fully saturated rings. The van der Waals surface area contributed by atoms with Crippen LogP contribution in [-0.4, -0.2) is 15.9 Å². The fourth-order valence-corrected chi connectivity index (χ4v) is 3.38. The molecule has 1 aromatic carbocycles. The number of nitrogens with zero attached hydrogens (tertiary/aromatic N) is 2. The van der Waals surface area contributed by atoms with E-state index in [4.69, 9.17) is 4.98 Å². The molecule has 0 N–H and O–H groups in total. The van der Waals surface area contributed by atoms with Gasteiger partial charge in [-0.2, -0.15) is 0 Å². The minimum Gasteiger partial charge on any atom is -0.545 e. The number of thiophene rings is 1. The van der Waals surface area contributed by atoms with Crippen LogP contribution in [-0.2, 0) is 0 Å². The summed E-state index contributed by atoms with van der Waals surface area (Å²) in [4.78, 5) is 21.2.